The summed E-state index contributed by atoms with van der Waals surface area (Å²) in [7, 11) is -3.90. The highest BCUT2D eigenvalue weighted by atomic mass is 32.2. The van der Waals surface area contributed by atoms with Gasteiger partial charge in [-0.1, -0.05) is 24.3 Å². The average Bonchev–Trinajstić information content (AvgIpc) is 2.86. The second-order valence-corrected chi connectivity index (χ2v) is 10.7. The van der Waals surface area contributed by atoms with Crippen LogP contribution in [0, 0.1) is 0 Å². The first-order valence-corrected chi connectivity index (χ1v) is 13.4. The minimum Gasteiger partial charge on any atom is -0.508 e. The van der Waals surface area contributed by atoms with Gasteiger partial charge in [-0.05, 0) is 60.2 Å². The van der Waals surface area contributed by atoms with E-state index in [1.807, 2.05) is 0 Å². The molecule has 0 radical (unpaired) electrons. The molecule has 10 nitrogen and oxygen atoms in total. The molecular formula is C27H21N3O7S2. The van der Waals surface area contributed by atoms with E-state index in [2.05, 4.69) is 10.6 Å². The van der Waals surface area contributed by atoms with E-state index in [1.165, 1.54) is 48.5 Å². The van der Waals surface area contributed by atoms with E-state index in [9.17, 15) is 28.5 Å². The summed E-state index contributed by atoms with van der Waals surface area (Å²) in [6.07, 6.45) is 0. The molecule has 4 aromatic carbocycles. The smallest absolute Gasteiger partial charge is 0.336 e. The third kappa shape index (κ3) is 5.34. The molecule has 1 aliphatic rings. The van der Waals surface area contributed by atoms with Crippen LogP contribution in [0.5, 0.6) is 23.0 Å². The summed E-state index contributed by atoms with van der Waals surface area (Å²) in [5.41, 5.74) is 2.47. The number of aromatic hydroxyl groups is 2. The Kier molecular flexibility index (Phi) is 6.60. The third-order valence-electron chi connectivity index (χ3n) is 6.11. The van der Waals surface area contributed by atoms with E-state index < -0.39 is 21.9 Å². The van der Waals surface area contributed by atoms with Crippen LogP contribution in [0.2, 0.25) is 0 Å². The van der Waals surface area contributed by atoms with Crippen LogP contribution in [0.1, 0.15) is 33.0 Å². The SMILES string of the molecule is NS(=O)(=O)c1cccc(NC(=S)Nc2ccc(C3c4ccc(O)cc4Oc4cc(O)ccc43)c(C(=O)O)c2)c1. The van der Waals surface area contributed by atoms with E-state index in [-0.39, 0.29) is 27.1 Å². The standard InChI is InChI=1S/C27H21N3O7S2/c28-39(35,36)18-3-1-2-14(10-18)29-27(38)30-15-4-7-19(22(11-15)26(33)34)25-20-8-5-16(31)12-23(20)37-24-13-17(32)6-9-21(24)25/h1-13,25,31-32H,(H,33,34)(H2,28,35,36)(H2,29,30,38). The van der Waals surface area contributed by atoms with E-state index in [4.69, 9.17) is 22.1 Å². The van der Waals surface area contributed by atoms with Crippen LogP contribution in [0.3, 0.4) is 0 Å². The lowest BCUT2D eigenvalue weighted by atomic mass is 9.80. The molecular weight excluding hydrogens is 542 g/mol. The molecule has 39 heavy (non-hydrogen) atoms. The van der Waals surface area contributed by atoms with Gasteiger partial charge in [-0.15, -0.1) is 0 Å². The number of carboxylic acids is 1. The van der Waals surface area contributed by atoms with E-state index in [0.29, 0.717) is 39.6 Å². The van der Waals surface area contributed by atoms with E-state index in [0.717, 1.165) is 0 Å². The molecule has 7 N–H and O–H groups in total. The molecule has 5 rings (SSSR count). The number of hydrogen-bond donors (Lipinski definition) is 6. The maximum Gasteiger partial charge on any atom is 0.336 e. The number of primary sulfonamides is 1. The zero-order chi connectivity index (χ0) is 27.9. The van der Waals surface area contributed by atoms with Crippen LogP contribution in [-0.4, -0.2) is 34.8 Å². The first-order chi connectivity index (χ1) is 18.5. The molecule has 12 heteroatoms. The van der Waals surface area contributed by atoms with Gasteiger partial charge in [-0.3, -0.25) is 0 Å². The number of aromatic carboxylic acids is 1. The van der Waals surface area contributed by atoms with Crippen molar-refractivity contribution in [3.8, 4) is 23.0 Å². The normalized spacial score (nSPS) is 12.5. The van der Waals surface area contributed by atoms with Gasteiger partial charge in [0.25, 0.3) is 0 Å². The summed E-state index contributed by atoms with van der Waals surface area (Å²) in [4.78, 5) is 12.3. The number of sulfonamides is 1. The second kappa shape index (κ2) is 9.91. The molecule has 0 unspecified atom stereocenters. The Morgan fingerprint density at radius 2 is 1.38 bits per heavy atom. The van der Waals surface area contributed by atoms with E-state index >= 15 is 0 Å². The summed E-state index contributed by atoms with van der Waals surface area (Å²) in [5, 5.41) is 41.1. The van der Waals surface area contributed by atoms with Crippen molar-refractivity contribution in [1.29, 1.82) is 0 Å². The molecule has 0 spiro atoms. The number of carbonyl (C=O) groups is 1. The molecule has 0 amide bonds. The molecule has 1 aliphatic heterocycles. The molecule has 0 atom stereocenters. The zero-order valence-corrected chi connectivity index (χ0v) is 21.6. The van der Waals surface area contributed by atoms with Gasteiger partial charge in [-0.25, -0.2) is 18.4 Å². The number of fused-ring (bicyclic) bond motifs is 2. The van der Waals surface area contributed by atoms with Crippen LogP contribution in [0.4, 0.5) is 11.4 Å². The van der Waals surface area contributed by atoms with Crippen LogP contribution < -0.4 is 20.5 Å². The zero-order valence-electron chi connectivity index (χ0n) is 20.0. The van der Waals surface area contributed by atoms with Crippen molar-refractivity contribution in [3.63, 3.8) is 0 Å². The minimum absolute atomic E-state index is 0.0102. The van der Waals surface area contributed by atoms with Crippen LogP contribution in [0.25, 0.3) is 0 Å². The van der Waals surface area contributed by atoms with Crippen LogP contribution in [0.15, 0.2) is 83.8 Å². The van der Waals surface area contributed by atoms with Crippen molar-refractivity contribution in [2.45, 2.75) is 10.8 Å². The number of benzene rings is 4. The van der Waals surface area contributed by atoms with Crippen LogP contribution in [-0.2, 0) is 10.0 Å². The predicted molar refractivity (Wildman–Crippen MR) is 148 cm³/mol. The number of nitrogens with one attached hydrogen (secondary N) is 2. The summed E-state index contributed by atoms with van der Waals surface area (Å²) < 4.78 is 29.2. The van der Waals surface area contributed by atoms with Crippen molar-refractivity contribution in [1.82, 2.24) is 0 Å². The summed E-state index contributed by atoms with van der Waals surface area (Å²) in [6.45, 7) is 0. The van der Waals surface area contributed by atoms with Crippen LogP contribution >= 0.6 is 12.2 Å². The Hall–Kier alpha value is -4.65. The lowest BCUT2D eigenvalue weighted by Crippen LogP contribution is -2.20. The number of nitrogens with two attached hydrogens (primary N) is 1. The molecule has 0 saturated carbocycles. The topological polar surface area (TPSA) is 171 Å². The quantitative estimate of drug-likeness (QED) is 0.167. The molecule has 198 valence electrons. The Labute approximate surface area is 228 Å². The van der Waals surface area contributed by atoms with Gasteiger partial charge >= 0.3 is 5.97 Å². The molecule has 4 aromatic rings. The van der Waals surface area contributed by atoms with Gasteiger partial charge in [0.05, 0.1) is 10.5 Å². The lowest BCUT2D eigenvalue weighted by Gasteiger charge is -2.30. The fourth-order valence-electron chi connectivity index (χ4n) is 4.44. The predicted octanol–water partition coefficient (Wildman–Crippen LogP) is 4.54. The number of ether oxygens (including phenoxy) is 1. The minimum atomic E-state index is -3.90. The van der Waals surface area contributed by atoms with Crippen molar-refractivity contribution in [2.75, 3.05) is 10.6 Å². The maximum atomic E-state index is 12.4. The number of phenolic OH excluding ortho intramolecular Hbond substituents is 2. The summed E-state index contributed by atoms with van der Waals surface area (Å²) >= 11 is 5.34. The Morgan fingerprint density at radius 1 is 0.821 bits per heavy atom. The third-order valence-corrected chi connectivity index (χ3v) is 7.22. The van der Waals surface area contributed by atoms with Crippen molar-refractivity contribution in [3.05, 3.63) is 101 Å². The highest BCUT2D eigenvalue weighted by molar-refractivity contribution is 7.89. The number of thiocarbonyl (C=S) groups is 1. The number of carboxylic acid groups (broad SMARTS) is 1. The summed E-state index contributed by atoms with van der Waals surface area (Å²) in [6, 6.07) is 19.7. The molecule has 0 aromatic heterocycles. The fourth-order valence-corrected chi connectivity index (χ4v) is 5.23. The van der Waals surface area contributed by atoms with Gasteiger partial charge in [0.15, 0.2) is 5.11 Å². The Bertz CT molecular complexity index is 1700. The lowest BCUT2D eigenvalue weighted by molar-refractivity contribution is 0.0695. The number of anilines is 2. The first-order valence-electron chi connectivity index (χ1n) is 11.4. The van der Waals surface area contributed by atoms with Gasteiger partial charge in [0, 0.05) is 40.6 Å². The van der Waals surface area contributed by atoms with Crippen molar-refractivity contribution in [2.24, 2.45) is 5.14 Å². The number of hydrogen-bond acceptors (Lipinski definition) is 7. The van der Waals surface area contributed by atoms with Gasteiger partial charge in [-0.2, -0.15) is 0 Å². The highest BCUT2D eigenvalue weighted by Gasteiger charge is 2.32. The summed E-state index contributed by atoms with van der Waals surface area (Å²) in [5.74, 6) is -1.13. The van der Waals surface area contributed by atoms with E-state index in [1.54, 1.807) is 30.3 Å². The largest absolute Gasteiger partial charge is 0.508 e. The molecule has 0 aliphatic carbocycles. The van der Waals surface area contributed by atoms with Gasteiger partial charge < -0.3 is 30.7 Å². The highest BCUT2D eigenvalue weighted by Crippen LogP contribution is 2.49. The molecule has 0 bridgehead atoms. The molecule has 0 fully saturated rings. The average molecular weight is 564 g/mol. The first kappa shape index (κ1) is 26.0. The Morgan fingerprint density at radius 3 is 1.95 bits per heavy atom. The number of phenols is 2. The molecule has 0 saturated heterocycles. The monoisotopic (exact) mass is 563 g/mol. The Balaban J connectivity index is 1.49. The second-order valence-electron chi connectivity index (χ2n) is 8.74. The molecule has 1 heterocycles. The van der Waals surface area contributed by atoms with Crippen molar-refractivity contribution >= 4 is 44.7 Å². The number of rotatable bonds is 5. The van der Waals surface area contributed by atoms with Gasteiger partial charge in [0.1, 0.15) is 23.0 Å². The maximum absolute atomic E-state index is 12.4. The fraction of sp³-hybridized carbons (Fsp3) is 0.0370. The van der Waals surface area contributed by atoms with Crippen molar-refractivity contribution < 1.29 is 33.3 Å². The van der Waals surface area contributed by atoms with Gasteiger partial charge in [0.2, 0.25) is 10.0 Å².